The largest absolute Gasteiger partial charge is 0.448 e. The summed E-state index contributed by atoms with van der Waals surface area (Å²) >= 11 is 0. The summed E-state index contributed by atoms with van der Waals surface area (Å²) in [5.41, 5.74) is 3.94. The maximum Gasteiger partial charge on any atom is 0.181 e. The van der Waals surface area contributed by atoms with Crippen LogP contribution in [-0.4, -0.2) is 32.5 Å². The Kier molecular flexibility index (Phi) is 3.97. The number of nitrogens with zero attached hydrogens (tertiary/aromatic N) is 4. The first-order chi connectivity index (χ1) is 11.2. The number of hydrogen-bond acceptors (Lipinski definition) is 4. The second kappa shape index (κ2) is 6.11. The molecule has 0 aromatic carbocycles. The van der Waals surface area contributed by atoms with Gasteiger partial charge in [-0.3, -0.25) is 4.90 Å². The molecule has 1 aliphatic heterocycles. The van der Waals surface area contributed by atoms with Crippen molar-refractivity contribution in [2.75, 3.05) is 13.1 Å². The third-order valence-corrected chi connectivity index (χ3v) is 5.27. The van der Waals surface area contributed by atoms with E-state index in [1.807, 2.05) is 0 Å². The van der Waals surface area contributed by atoms with E-state index < -0.39 is 0 Å². The number of imidazole rings is 1. The number of rotatable bonds is 4. The van der Waals surface area contributed by atoms with Crippen molar-refractivity contribution in [3.63, 3.8) is 0 Å². The van der Waals surface area contributed by atoms with E-state index in [-0.39, 0.29) is 0 Å². The highest BCUT2D eigenvalue weighted by Gasteiger charge is 2.28. The number of fused-ring (bicyclic) bond motifs is 1. The summed E-state index contributed by atoms with van der Waals surface area (Å²) in [6.45, 7) is 7.44. The zero-order chi connectivity index (χ0) is 15.8. The maximum absolute atomic E-state index is 5.56. The molecule has 4 rings (SSSR count). The van der Waals surface area contributed by atoms with Gasteiger partial charge < -0.3 is 8.98 Å². The van der Waals surface area contributed by atoms with E-state index >= 15 is 0 Å². The van der Waals surface area contributed by atoms with Gasteiger partial charge in [-0.15, -0.1) is 0 Å². The number of oxazole rings is 1. The Morgan fingerprint density at radius 2 is 2.13 bits per heavy atom. The van der Waals surface area contributed by atoms with Crippen molar-refractivity contribution >= 4 is 0 Å². The fraction of sp³-hybridized carbons (Fsp3) is 0.667. The zero-order valence-corrected chi connectivity index (χ0v) is 14.2. The van der Waals surface area contributed by atoms with E-state index in [1.165, 1.54) is 37.1 Å². The first kappa shape index (κ1) is 14.9. The van der Waals surface area contributed by atoms with Crippen LogP contribution < -0.4 is 0 Å². The van der Waals surface area contributed by atoms with Gasteiger partial charge in [0.15, 0.2) is 6.39 Å². The summed E-state index contributed by atoms with van der Waals surface area (Å²) < 4.78 is 8.02. The molecule has 0 amide bonds. The van der Waals surface area contributed by atoms with Crippen LogP contribution in [0.5, 0.6) is 0 Å². The summed E-state index contributed by atoms with van der Waals surface area (Å²) in [4.78, 5) is 11.6. The molecule has 0 radical (unpaired) electrons. The molecule has 23 heavy (non-hydrogen) atoms. The van der Waals surface area contributed by atoms with E-state index in [0.717, 1.165) is 37.5 Å². The van der Waals surface area contributed by atoms with E-state index in [4.69, 9.17) is 4.42 Å². The fourth-order valence-electron chi connectivity index (χ4n) is 4.07. The molecule has 2 aromatic heterocycles. The van der Waals surface area contributed by atoms with Gasteiger partial charge in [0, 0.05) is 37.3 Å². The van der Waals surface area contributed by atoms with Crippen LogP contribution in [0.3, 0.4) is 0 Å². The molecule has 0 saturated carbocycles. The number of aryl methyl sites for hydroxylation is 1. The lowest BCUT2D eigenvalue weighted by atomic mass is 10.0. The molecule has 0 N–H and O–H groups in total. The van der Waals surface area contributed by atoms with Crippen molar-refractivity contribution in [3.8, 4) is 0 Å². The van der Waals surface area contributed by atoms with Crippen molar-refractivity contribution in [1.29, 1.82) is 0 Å². The van der Waals surface area contributed by atoms with Crippen molar-refractivity contribution in [2.45, 2.75) is 64.5 Å². The van der Waals surface area contributed by atoms with Crippen LogP contribution in [-0.2, 0) is 19.4 Å². The smallest absolute Gasteiger partial charge is 0.181 e. The molecule has 1 fully saturated rings. The molecule has 124 valence electrons. The Morgan fingerprint density at radius 1 is 1.26 bits per heavy atom. The van der Waals surface area contributed by atoms with Crippen molar-refractivity contribution in [3.05, 3.63) is 35.6 Å². The molecule has 2 aromatic rings. The van der Waals surface area contributed by atoms with Gasteiger partial charge in [0.2, 0.25) is 0 Å². The summed E-state index contributed by atoms with van der Waals surface area (Å²) in [7, 11) is 0. The third kappa shape index (κ3) is 2.82. The first-order valence-electron chi connectivity index (χ1n) is 8.91. The molecule has 0 bridgehead atoms. The van der Waals surface area contributed by atoms with Crippen LogP contribution in [0.2, 0.25) is 0 Å². The molecule has 3 heterocycles. The highest BCUT2D eigenvalue weighted by atomic mass is 16.3. The number of likely N-dealkylation sites (tertiary alicyclic amines) is 1. The van der Waals surface area contributed by atoms with Crippen molar-refractivity contribution in [1.82, 2.24) is 19.4 Å². The SMILES string of the molecule is CC(C)c1ocnc1CN1CCC(n2cnc3c2CCCC3)C1. The van der Waals surface area contributed by atoms with Crippen LogP contribution in [0.25, 0.3) is 0 Å². The van der Waals surface area contributed by atoms with Gasteiger partial charge in [-0.25, -0.2) is 9.97 Å². The number of aromatic nitrogens is 3. The standard InChI is InChI=1S/C18H26N4O/c1-13(2)18-16(20-12-23-18)10-21-8-7-14(9-21)22-11-19-15-5-3-4-6-17(15)22/h11-14H,3-10H2,1-2H3. The Bertz CT molecular complexity index is 672. The van der Waals surface area contributed by atoms with Crippen LogP contribution in [0.4, 0.5) is 0 Å². The van der Waals surface area contributed by atoms with E-state index in [0.29, 0.717) is 12.0 Å². The Balaban J connectivity index is 1.45. The van der Waals surface area contributed by atoms with Gasteiger partial charge in [0.1, 0.15) is 5.76 Å². The molecule has 1 atom stereocenters. The first-order valence-corrected chi connectivity index (χ1v) is 8.91. The van der Waals surface area contributed by atoms with Crippen LogP contribution in [0, 0.1) is 0 Å². The lowest BCUT2D eigenvalue weighted by Crippen LogP contribution is -2.22. The van der Waals surface area contributed by atoms with Gasteiger partial charge >= 0.3 is 0 Å². The predicted octanol–water partition coefficient (Wildman–Crippen LogP) is 3.32. The lowest BCUT2D eigenvalue weighted by molar-refractivity contribution is 0.308. The van der Waals surface area contributed by atoms with Crippen LogP contribution in [0.15, 0.2) is 17.1 Å². The van der Waals surface area contributed by atoms with Crippen molar-refractivity contribution in [2.24, 2.45) is 0 Å². The van der Waals surface area contributed by atoms with Gasteiger partial charge in [-0.2, -0.15) is 0 Å². The minimum Gasteiger partial charge on any atom is -0.448 e. The Morgan fingerprint density at radius 3 is 3.00 bits per heavy atom. The molecule has 5 heteroatoms. The summed E-state index contributed by atoms with van der Waals surface area (Å²) in [5.74, 6) is 1.43. The second-order valence-electron chi connectivity index (χ2n) is 7.25. The molecule has 5 nitrogen and oxygen atoms in total. The van der Waals surface area contributed by atoms with Crippen molar-refractivity contribution < 1.29 is 4.42 Å². The highest BCUT2D eigenvalue weighted by molar-refractivity contribution is 5.18. The minimum absolute atomic E-state index is 0.395. The van der Waals surface area contributed by atoms with Gasteiger partial charge in [-0.1, -0.05) is 13.8 Å². The predicted molar refractivity (Wildman–Crippen MR) is 88.4 cm³/mol. The number of hydrogen-bond donors (Lipinski definition) is 0. The summed E-state index contributed by atoms with van der Waals surface area (Å²) in [5, 5.41) is 0. The molecule has 1 aliphatic carbocycles. The maximum atomic E-state index is 5.56. The highest BCUT2D eigenvalue weighted by Crippen LogP contribution is 2.29. The normalized spacial score (nSPS) is 22.0. The van der Waals surface area contributed by atoms with Gasteiger partial charge in [0.25, 0.3) is 0 Å². The average Bonchev–Trinajstić information content (AvgIpc) is 3.25. The topological polar surface area (TPSA) is 47.1 Å². The molecule has 1 saturated heterocycles. The molecule has 1 unspecified atom stereocenters. The van der Waals surface area contributed by atoms with E-state index in [1.54, 1.807) is 6.39 Å². The van der Waals surface area contributed by atoms with E-state index in [2.05, 4.69) is 39.6 Å². The molecular weight excluding hydrogens is 288 g/mol. The average molecular weight is 314 g/mol. The van der Waals surface area contributed by atoms with Crippen LogP contribution in [0.1, 0.15) is 67.9 Å². The quantitative estimate of drug-likeness (QED) is 0.868. The molecule has 2 aliphatic rings. The van der Waals surface area contributed by atoms with Crippen LogP contribution >= 0.6 is 0 Å². The third-order valence-electron chi connectivity index (χ3n) is 5.27. The zero-order valence-electron chi connectivity index (χ0n) is 14.2. The Hall–Kier alpha value is -1.62. The monoisotopic (exact) mass is 314 g/mol. The Labute approximate surface area is 137 Å². The lowest BCUT2D eigenvalue weighted by Gasteiger charge is -2.20. The molecular formula is C18H26N4O. The van der Waals surface area contributed by atoms with Gasteiger partial charge in [-0.05, 0) is 32.1 Å². The van der Waals surface area contributed by atoms with E-state index in [9.17, 15) is 0 Å². The second-order valence-corrected chi connectivity index (χ2v) is 7.25. The fourth-order valence-corrected chi connectivity index (χ4v) is 4.07. The summed E-state index contributed by atoms with van der Waals surface area (Å²) in [6.07, 6.45) is 9.85. The minimum atomic E-state index is 0.395. The molecule has 0 spiro atoms. The summed E-state index contributed by atoms with van der Waals surface area (Å²) in [6, 6.07) is 0.568. The van der Waals surface area contributed by atoms with Gasteiger partial charge in [0.05, 0.1) is 17.7 Å².